The van der Waals surface area contributed by atoms with Crippen molar-refractivity contribution in [3.8, 4) is 11.5 Å². The average molecular weight is 308 g/mol. The molecule has 0 radical (unpaired) electrons. The van der Waals surface area contributed by atoms with Crippen LogP contribution in [0.25, 0.3) is 0 Å². The number of carboxylic acids is 1. The van der Waals surface area contributed by atoms with E-state index in [2.05, 4.69) is 0 Å². The number of hydrogen-bond acceptors (Lipinski definition) is 3. The van der Waals surface area contributed by atoms with E-state index in [0.717, 1.165) is 5.56 Å². The molecule has 0 spiro atoms. The van der Waals surface area contributed by atoms with Crippen LogP contribution >= 0.6 is 0 Å². The number of benzene rings is 2. The minimum Gasteiger partial charge on any atom is -0.489 e. The van der Waals surface area contributed by atoms with E-state index in [1.54, 1.807) is 0 Å². The van der Waals surface area contributed by atoms with Crippen LogP contribution in [0.15, 0.2) is 48.5 Å². The van der Waals surface area contributed by atoms with E-state index in [4.69, 9.17) is 14.6 Å². The minimum absolute atomic E-state index is 0.140. The lowest BCUT2D eigenvalue weighted by Crippen LogP contribution is -2.10. The van der Waals surface area contributed by atoms with Gasteiger partial charge in [-0.25, -0.2) is 13.6 Å². The van der Waals surface area contributed by atoms with Gasteiger partial charge in [-0.1, -0.05) is 30.3 Å². The molecular formula is C16H14F2O4. The van der Waals surface area contributed by atoms with Crippen LogP contribution in [0, 0.1) is 0 Å². The highest BCUT2D eigenvalue weighted by Gasteiger charge is 2.14. The number of alkyl halides is 2. The van der Waals surface area contributed by atoms with E-state index in [1.807, 2.05) is 30.3 Å². The number of aromatic carboxylic acids is 1. The first kappa shape index (κ1) is 15.8. The van der Waals surface area contributed by atoms with Gasteiger partial charge in [-0.15, -0.1) is 0 Å². The van der Waals surface area contributed by atoms with Gasteiger partial charge in [0.25, 0.3) is 6.43 Å². The first-order valence-corrected chi connectivity index (χ1v) is 6.51. The van der Waals surface area contributed by atoms with Crippen molar-refractivity contribution in [1.82, 2.24) is 0 Å². The summed E-state index contributed by atoms with van der Waals surface area (Å²) in [6, 6.07) is 13.4. The second kappa shape index (κ2) is 7.40. The molecule has 0 fully saturated rings. The summed E-state index contributed by atoms with van der Waals surface area (Å²) in [5.41, 5.74) is 0.743. The fourth-order valence-corrected chi connectivity index (χ4v) is 1.78. The van der Waals surface area contributed by atoms with Crippen molar-refractivity contribution in [2.24, 2.45) is 0 Å². The van der Waals surface area contributed by atoms with Gasteiger partial charge in [0.05, 0.1) is 0 Å². The van der Waals surface area contributed by atoms with Crippen molar-refractivity contribution >= 4 is 5.97 Å². The average Bonchev–Trinajstić information content (AvgIpc) is 2.51. The Bertz CT molecular complexity index is 629. The van der Waals surface area contributed by atoms with Gasteiger partial charge in [0.2, 0.25) is 0 Å². The molecule has 0 unspecified atom stereocenters. The van der Waals surface area contributed by atoms with Gasteiger partial charge >= 0.3 is 5.97 Å². The molecule has 0 aliphatic carbocycles. The molecule has 0 heterocycles. The molecule has 0 saturated heterocycles. The summed E-state index contributed by atoms with van der Waals surface area (Å²) < 4.78 is 34.8. The molecule has 0 atom stereocenters. The second-order valence-electron chi connectivity index (χ2n) is 4.44. The summed E-state index contributed by atoms with van der Waals surface area (Å²) in [5.74, 6) is -1.05. The summed E-state index contributed by atoms with van der Waals surface area (Å²) in [4.78, 5) is 11.0. The molecule has 2 rings (SSSR count). The highest BCUT2D eigenvalue weighted by molar-refractivity contribution is 5.91. The number of rotatable bonds is 7. The van der Waals surface area contributed by atoms with E-state index in [0.29, 0.717) is 5.75 Å². The number of carboxylic acid groups (broad SMARTS) is 1. The van der Waals surface area contributed by atoms with Gasteiger partial charge in [-0.05, 0) is 17.7 Å². The fraction of sp³-hybridized carbons (Fsp3) is 0.188. The van der Waals surface area contributed by atoms with Crippen molar-refractivity contribution in [2.75, 3.05) is 6.61 Å². The monoisotopic (exact) mass is 308 g/mol. The van der Waals surface area contributed by atoms with Gasteiger partial charge in [0, 0.05) is 6.07 Å². The first-order chi connectivity index (χ1) is 10.6. The van der Waals surface area contributed by atoms with Crippen LogP contribution in [-0.4, -0.2) is 24.1 Å². The first-order valence-electron chi connectivity index (χ1n) is 6.51. The maximum absolute atomic E-state index is 12.2. The molecule has 0 bridgehead atoms. The van der Waals surface area contributed by atoms with E-state index in [9.17, 15) is 13.6 Å². The largest absolute Gasteiger partial charge is 0.489 e. The third kappa shape index (κ3) is 4.44. The molecule has 2 aromatic carbocycles. The number of ether oxygens (including phenoxy) is 2. The summed E-state index contributed by atoms with van der Waals surface area (Å²) in [6.07, 6.45) is -2.68. The van der Waals surface area contributed by atoms with Crippen LogP contribution in [-0.2, 0) is 6.61 Å². The van der Waals surface area contributed by atoms with Crippen molar-refractivity contribution in [3.05, 3.63) is 59.7 Å². The SMILES string of the molecule is O=C(O)c1ccc(OCc2ccccc2)cc1OCC(F)F. The summed E-state index contributed by atoms with van der Waals surface area (Å²) in [6.45, 7) is -0.593. The number of hydrogen-bond donors (Lipinski definition) is 1. The van der Waals surface area contributed by atoms with Crippen LogP contribution in [0.4, 0.5) is 8.78 Å². The van der Waals surface area contributed by atoms with Gasteiger partial charge in [-0.2, -0.15) is 0 Å². The topological polar surface area (TPSA) is 55.8 Å². The maximum Gasteiger partial charge on any atom is 0.339 e. The molecule has 116 valence electrons. The number of carbonyl (C=O) groups is 1. The lowest BCUT2D eigenvalue weighted by molar-refractivity contribution is 0.0663. The number of halogens is 2. The molecule has 6 heteroatoms. The molecule has 0 aliphatic rings. The quantitative estimate of drug-likeness (QED) is 0.849. The van der Waals surface area contributed by atoms with E-state index in [1.165, 1.54) is 18.2 Å². The fourth-order valence-electron chi connectivity index (χ4n) is 1.78. The third-order valence-electron chi connectivity index (χ3n) is 2.80. The van der Waals surface area contributed by atoms with Crippen LogP contribution in [0.1, 0.15) is 15.9 Å². The smallest absolute Gasteiger partial charge is 0.339 e. The Balaban J connectivity index is 2.11. The molecule has 1 N–H and O–H groups in total. The molecular weight excluding hydrogens is 294 g/mol. The third-order valence-corrected chi connectivity index (χ3v) is 2.80. The molecule has 0 amide bonds. The van der Waals surface area contributed by atoms with Crippen molar-refractivity contribution in [1.29, 1.82) is 0 Å². The zero-order chi connectivity index (χ0) is 15.9. The zero-order valence-corrected chi connectivity index (χ0v) is 11.5. The van der Waals surface area contributed by atoms with Crippen LogP contribution in [0.3, 0.4) is 0 Å². The summed E-state index contributed by atoms with van der Waals surface area (Å²) in [7, 11) is 0. The summed E-state index contributed by atoms with van der Waals surface area (Å²) >= 11 is 0. The van der Waals surface area contributed by atoms with Gasteiger partial charge in [0.1, 0.15) is 30.3 Å². The predicted molar refractivity (Wildman–Crippen MR) is 75.7 cm³/mol. The van der Waals surface area contributed by atoms with E-state index < -0.39 is 19.0 Å². The molecule has 0 saturated carbocycles. The van der Waals surface area contributed by atoms with Gasteiger partial charge < -0.3 is 14.6 Å². The van der Waals surface area contributed by atoms with Crippen molar-refractivity contribution < 1.29 is 28.2 Å². The Kier molecular flexibility index (Phi) is 5.30. The van der Waals surface area contributed by atoms with Crippen molar-refractivity contribution in [2.45, 2.75) is 13.0 Å². The van der Waals surface area contributed by atoms with Crippen LogP contribution < -0.4 is 9.47 Å². The zero-order valence-electron chi connectivity index (χ0n) is 11.5. The maximum atomic E-state index is 12.2. The van der Waals surface area contributed by atoms with Crippen LogP contribution in [0.5, 0.6) is 11.5 Å². The highest BCUT2D eigenvalue weighted by atomic mass is 19.3. The lowest BCUT2D eigenvalue weighted by atomic mass is 10.2. The Morgan fingerprint density at radius 3 is 2.45 bits per heavy atom. The molecule has 2 aromatic rings. The van der Waals surface area contributed by atoms with Crippen LogP contribution in [0.2, 0.25) is 0 Å². The lowest BCUT2D eigenvalue weighted by Gasteiger charge is -2.12. The Morgan fingerprint density at radius 2 is 1.82 bits per heavy atom. The van der Waals surface area contributed by atoms with Gasteiger partial charge in [-0.3, -0.25) is 0 Å². The Hall–Kier alpha value is -2.63. The molecule has 0 aromatic heterocycles. The summed E-state index contributed by atoms with van der Waals surface area (Å²) in [5, 5.41) is 9.02. The standard InChI is InChI=1S/C16H14F2O4/c17-15(18)10-22-14-8-12(6-7-13(14)16(19)20)21-9-11-4-2-1-3-5-11/h1-8,15H,9-10H2,(H,19,20). The van der Waals surface area contributed by atoms with E-state index in [-0.39, 0.29) is 17.9 Å². The van der Waals surface area contributed by atoms with Gasteiger partial charge in [0.15, 0.2) is 0 Å². The Morgan fingerprint density at radius 1 is 1.09 bits per heavy atom. The highest BCUT2D eigenvalue weighted by Crippen LogP contribution is 2.26. The molecule has 22 heavy (non-hydrogen) atoms. The van der Waals surface area contributed by atoms with Crippen molar-refractivity contribution in [3.63, 3.8) is 0 Å². The predicted octanol–water partition coefficient (Wildman–Crippen LogP) is 3.61. The molecule has 4 nitrogen and oxygen atoms in total. The Labute approximate surface area is 125 Å². The molecule has 0 aliphatic heterocycles. The normalized spacial score (nSPS) is 10.5. The van der Waals surface area contributed by atoms with E-state index >= 15 is 0 Å². The second-order valence-corrected chi connectivity index (χ2v) is 4.44. The minimum atomic E-state index is -2.68.